The van der Waals surface area contributed by atoms with E-state index >= 15 is 0 Å². The van der Waals surface area contributed by atoms with Crippen LogP contribution in [-0.4, -0.2) is 5.78 Å². The second-order valence-corrected chi connectivity index (χ2v) is 7.59. The van der Waals surface area contributed by atoms with Crippen molar-refractivity contribution < 1.29 is 4.79 Å². The average molecular weight is 412 g/mol. The zero-order valence-electron chi connectivity index (χ0n) is 16.4. The Labute approximate surface area is 182 Å². The molecule has 0 spiro atoms. The highest BCUT2D eigenvalue weighted by Gasteiger charge is 2.31. The fourth-order valence-corrected chi connectivity index (χ4v) is 3.81. The van der Waals surface area contributed by atoms with Crippen molar-refractivity contribution in [3.8, 4) is 0 Å². The lowest BCUT2D eigenvalue weighted by molar-refractivity contribution is 0.0950. The SMILES string of the molecule is O=C(c1ccccc1)[C@@H](c1ccccc1)[C@H](Nc1ccc(Cl)cc1)c1ccccc1. The lowest BCUT2D eigenvalue weighted by atomic mass is 9.81. The first-order valence-electron chi connectivity index (χ1n) is 9.93. The van der Waals surface area contributed by atoms with Gasteiger partial charge >= 0.3 is 0 Å². The minimum absolute atomic E-state index is 0.0807. The number of benzene rings is 4. The summed E-state index contributed by atoms with van der Waals surface area (Å²) < 4.78 is 0. The molecule has 0 aliphatic rings. The number of nitrogens with one attached hydrogen (secondary N) is 1. The predicted octanol–water partition coefficient (Wildman–Crippen LogP) is 7.16. The zero-order valence-corrected chi connectivity index (χ0v) is 17.2. The van der Waals surface area contributed by atoms with E-state index in [2.05, 4.69) is 17.4 Å². The number of Topliss-reactive ketones (excluding diaryl/α,β-unsaturated/α-hetero) is 1. The summed E-state index contributed by atoms with van der Waals surface area (Å²) in [6.07, 6.45) is 0. The maximum Gasteiger partial charge on any atom is 0.172 e. The molecule has 4 aromatic rings. The van der Waals surface area contributed by atoms with E-state index in [4.69, 9.17) is 11.6 Å². The van der Waals surface area contributed by atoms with Crippen LogP contribution < -0.4 is 5.32 Å². The first-order chi connectivity index (χ1) is 14.7. The summed E-state index contributed by atoms with van der Waals surface area (Å²) in [4.78, 5) is 13.7. The highest BCUT2D eigenvalue weighted by Crippen LogP contribution is 2.37. The third-order valence-electron chi connectivity index (χ3n) is 5.16. The second-order valence-electron chi connectivity index (χ2n) is 7.16. The number of ketones is 1. The molecule has 0 bridgehead atoms. The third kappa shape index (κ3) is 4.61. The van der Waals surface area contributed by atoms with Crippen LogP contribution in [0.1, 0.15) is 33.4 Å². The fraction of sp³-hybridized carbons (Fsp3) is 0.0741. The number of halogens is 1. The molecule has 2 nitrogen and oxygen atoms in total. The molecule has 3 heteroatoms. The van der Waals surface area contributed by atoms with Crippen molar-refractivity contribution in [1.29, 1.82) is 0 Å². The minimum atomic E-state index is -0.397. The number of hydrogen-bond donors (Lipinski definition) is 1. The van der Waals surface area contributed by atoms with Gasteiger partial charge in [-0.3, -0.25) is 4.79 Å². The van der Waals surface area contributed by atoms with Gasteiger partial charge in [0, 0.05) is 16.3 Å². The van der Waals surface area contributed by atoms with Gasteiger partial charge in [-0.15, -0.1) is 0 Å². The summed E-state index contributed by atoms with van der Waals surface area (Å²) >= 11 is 6.07. The first-order valence-corrected chi connectivity index (χ1v) is 10.3. The number of carbonyl (C=O) groups is 1. The van der Waals surface area contributed by atoms with Crippen LogP contribution in [0.3, 0.4) is 0 Å². The summed E-state index contributed by atoms with van der Waals surface area (Å²) in [5, 5.41) is 4.27. The molecule has 148 valence electrons. The quantitative estimate of drug-likeness (QED) is 0.327. The highest BCUT2D eigenvalue weighted by atomic mass is 35.5. The number of rotatable bonds is 7. The van der Waals surface area contributed by atoms with E-state index in [1.54, 1.807) is 0 Å². The average Bonchev–Trinajstić information content (AvgIpc) is 2.82. The molecule has 0 unspecified atom stereocenters. The van der Waals surface area contributed by atoms with Gasteiger partial charge in [-0.25, -0.2) is 0 Å². The first kappa shape index (κ1) is 19.9. The topological polar surface area (TPSA) is 29.1 Å². The Bertz CT molecular complexity index is 1080. The van der Waals surface area contributed by atoms with Gasteiger partial charge in [-0.1, -0.05) is 103 Å². The molecule has 0 amide bonds. The fourth-order valence-electron chi connectivity index (χ4n) is 3.68. The molecule has 0 fully saturated rings. The van der Waals surface area contributed by atoms with Gasteiger partial charge in [-0.05, 0) is 35.4 Å². The van der Waals surface area contributed by atoms with Crippen LogP contribution in [0.2, 0.25) is 5.02 Å². The summed E-state index contributed by atoms with van der Waals surface area (Å²) in [6, 6.07) is 36.9. The van der Waals surface area contributed by atoms with E-state index in [1.807, 2.05) is 103 Å². The Morgan fingerprint density at radius 3 is 1.70 bits per heavy atom. The molecule has 0 saturated heterocycles. The van der Waals surface area contributed by atoms with Crippen molar-refractivity contribution >= 4 is 23.1 Å². The molecule has 0 aliphatic carbocycles. The van der Waals surface area contributed by atoms with Crippen molar-refractivity contribution in [3.63, 3.8) is 0 Å². The van der Waals surface area contributed by atoms with Gasteiger partial charge in [0.2, 0.25) is 0 Å². The number of carbonyl (C=O) groups excluding carboxylic acids is 1. The zero-order chi connectivity index (χ0) is 20.8. The Kier molecular flexibility index (Phi) is 6.26. The third-order valence-corrected chi connectivity index (χ3v) is 5.41. The van der Waals surface area contributed by atoms with Crippen molar-refractivity contribution in [2.24, 2.45) is 0 Å². The highest BCUT2D eigenvalue weighted by molar-refractivity contribution is 6.30. The molecular formula is C27H22ClNO. The Morgan fingerprint density at radius 1 is 0.633 bits per heavy atom. The van der Waals surface area contributed by atoms with Crippen LogP contribution in [0.15, 0.2) is 115 Å². The maximum atomic E-state index is 13.7. The molecule has 0 saturated carbocycles. The summed E-state index contributed by atoms with van der Waals surface area (Å²) in [6.45, 7) is 0. The van der Waals surface area contributed by atoms with Crippen LogP contribution in [-0.2, 0) is 0 Å². The minimum Gasteiger partial charge on any atom is -0.377 e. The van der Waals surface area contributed by atoms with E-state index < -0.39 is 5.92 Å². The van der Waals surface area contributed by atoms with E-state index in [-0.39, 0.29) is 11.8 Å². The molecule has 0 aliphatic heterocycles. The molecule has 0 aromatic heterocycles. The molecule has 0 radical (unpaired) electrons. The molecule has 30 heavy (non-hydrogen) atoms. The van der Waals surface area contributed by atoms with E-state index in [0.717, 1.165) is 16.8 Å². The summed E-state index contributed by atoms with van der Waals surface area (Å²) in [5.74, 6) is -0.316. The normalized spacial score (nSPS) is 12.7. The van der Waals surface area contributed by atoms with Gasteiger partial charge in [-0.2, -0.15) is 0 Å². The second kappa shape index (κ2) is 9.43. The van der Waals surface area contributed by atoms with Crippen LogP contribution in [0.5, 0.6) is 0 Å². The molecule has 2 atom stereocenters. The summed E-state index contributed by atoms with van der Waals surface area (Å²) in [7, 11) is 0. The Balaban J connectivity index is 1.82. The number of anilines is 1. The Hall–Kier alpha value is -3.36. The van der Waals surface area contributed by atoms with Crippen molar-refractivity contribution in [2.75, 3.05) is 5.32 Å². The number of hydrogen-bond acceptors (Lipinski definition) is 2. The van der Waals surface area contributed by atoms with Crippen LogP contribution in [0.25, 0.3) is 0 Å². The smallest absolute Gasteiger partial charge is 0.172 e. The standard InChI is InChI=1S/C27H22ClNO/c28-23-16-18-24(19-17-23)29-26(21-12-6-2-7-13-21)25(20-10-4-1-5-11-20)27(30)22-14-8-3-9-15-22/h1-19,25-26,29H/t25-,26+/m0/s1. The monoisotopic (exact) mass is 411 g/mol. The molecule has 1 N–H and O–H groups in total. The molecule has 4 rings (SSSR count). The molecular weight excluding hydrogens is 390 g/mol. The van der Waals surface area contributed by atoms with Crippen LogP contribution in [0, 0.1) is 0 Å². The van der Waals surface area contributed by atoms with Gasteiger partial charge in [0.1, 0.15) is 0 Å². The van der Waals surface area contributed by atoms with Crippen LogP contribution in [0.4, 0.5) is 5.69 Å². The van der Waals surface area contributed by atoms with Crippen molar-refractivity contribution in [1.82, 2.24) is 0 Å². The van der Waals surface area contributed by atoms with Gasteiger partial charge in [0.05, 0.1) is 12.0 Å². The largest absolute Gasteiger partial charge is 0.377 e. The van der Waals surface area contributed by atoms with Gasteiger partial charge in [0.15, 0.2) is 5.78 Å². The van der Waals surface area contributed by atoms with E-state index in [9.17, 15) is 4.79 Å². The molecule has 4 aromatic carbocycles. The predicted molar refractivity (Wildman–Crippen MR) is 124 cm³/mol. The Morgan fingerprint density at radius 2 is 1.13 bits per heavy atom. The van der Waals surface area contributed by atoms with Gasteiger partial charge < -0.3 is 5.32 Å². The maximum absolute atomic E-state index is 13.7. The van der Waals surface area contributed by atoms with E-state index in [0.29, 0.717) is 10.6 Å². The van der Waals surface area contributed by atoms with E-state index in [1.165, 1.54) is 0 Å². The van der Waals surface area contributed by atoms with Crippen molar-refractivity contribution in [2.45, 2.75) is 12.0 Å². The lowest BCUT2D eigenvalue weighted by Crippen LogP contribution is -2.26. The molecule has 0 heterocycles. The lowest BCUT2D eigenvalue weighted by Gasteiger charge is -2.29. The summed E-state index contributed by atoms with van der Waals surface area (Å²) in [5.41, 5.74) is 3.63. The van der Waals surface area contributed by atoms with Crippen molar-refractivity contribution in [3.05, 3.63) is 137 Å². The van der Waals surface area contributed by atoms with Gasteiger partial charge in [0.25, 0.3) is 0 Å². The van der Waals surface area contributed by atoms with Crippen LogP contribution >= 0.6 is 11.6 Å².